The van der Waals surface area contributed by atoms with Gasteiger partial charge in [0, 0.05) is 0 Å². The van der Waals surface area contributed by atoms with Crippen LogP contribution >= 0.6 is 0 Å². The molecule has 0 aliphatic heterocycles. The molecule has 0 radical (unpaired) electrons. The number of fused-ring (bicyclic) bond motifs is 3. The van der Waals surface area contributed by atoms with Gasteiger partial charge in [0.05, 0.1) is 0 Å². The SMILES string of the molecule is CC(C)C1=CC[C@H]2C(=C1)CC[C@H]1C(C)(C)CCC[C@]21C. The van der Waals surface area contributed by atoms with Gasteiger partial charge in [0.2, 0.25) is 0 Å². The first-order chi connectivity index (χ1) is 9.34. The smallest absolute Gasteiger partial charge is 0.0108 e. The van der Waals surface area contributed by atoms with Crippen LogP contribution < -0.4 is 0 Å². The van der Waals surface area contributed by atoms with Crippen LogP contribution in [-0.4, -0.2) is 0 Å². The highest BCUT2D eigenvalue weighted by Crippen LogP contribution is 2.62. The van der Waals surface area contributed by atoms with Crippen molar-refractivity contribution in [2.45, 2.75) is 73.1 Å². The van der Waals surface area contributed by atoms with Crippen LogP contribution in [0.5, 0.6) is 0 Å². The van der Waals surface area contributed by atoms with E-state index in [9.17, 15) is 0 Å². The summed E-state index contributed by atoms with van der Waals surface area (Å²) in [6.45, 7) is 12.3. The van der Waals surface area contributed by atoms with Crippen molar-refractivity contribution in [1.29, 1.82) is 0 Å². The van der Waals surface area contributed by atoms with Crippen LogP contribution in [0, 0.1) is 28.6 Å². The largest absolute Gasteiger partial charge is 0.0804 e. The first kappa shape index (κ1) is 14.4. The van der Waals surface area contributed by atoms with Crippen LogP contribution in [0.1, 0.15) is 73.1 Å². The predicted octanol–water partition coefficient (Wildman–Crippen LogP) is 6.14. The van der Waals surface area contributed by atoms with Crippen LogP contribution in [0.3, 0.4) is 0 Å². The molecular formula is C20H32. The molecule has 0 nitrogen and oxygen atoms in total. The number of hydrogen-bond donors (Lipinski definition) is 0. The summed E-state index contributed by atoms with van der Waals surface area (Å²) >= 11 is 0. The van der Waals surface area contributed by atoms with Crippen molar-refractivity contribution in [3.8, 4) is 0 Å². The van der Waals surface area contributed by atoms with Gasteiger partial charge >= 0.3 is 0 Å². The molecule has 2 saturated carbocycles. The molecule has 3 atom stereocenters. The van der Waals surface area contributed by atoms with Gasteiger partial charge in [-0.05, 0) is 66.3 Å². The van der Waals surface area contributed by atoms with Gasteiger partial charge in [0.1, 0.15) is 0 Å². The van der Waals surface area contributed by atoms with Crippen molar-refractivity contribution < 1.29 is 0 Å². The van der Waals surface area contributed by atoms with Crippen molar-refractivity contribution in [1.82, 2.24) is 0 Å². The summed E-state index contributed by atoms with van der Waals surface area (Å²) < 4.78 is 0. The summed E-state index contributed by atoms with van der Waals surface area (Å²) in [5.41, 5.74) is 4.49. The Bertz CT molecular complexity index is 449. The predicted molar refractivity (Wildman–Crippen MR) is 87.6 cm³/mol. The molecule has 0 aromatic carbocycles. The highest BCUT2D eigenvalue weighted by Gasteiger charge is 2.53. The quantitative estimate of drug-likeness (QED) is 0.537. The molecule has 20 heavy (non-hydrogen) atoms. The summed E-state index contributed by atoms with van der Waals surface area (Å²) in [5.74, 6) is 2.46. The lowest BCUT2D eigenvalue weighted by Crippen LogP contribution is -2.49. The van der Waals surface area contributed by atoms with E-state index in [2.05, 4.69) is 46.8 Å². The van der Waals surface area contributed by atoms with Crippen LogP contribution in [0.2, 0.25) is 0 Å². The van der Waals surface area contributed by atoms with E-state index >= 15 is 0 Å². The molecule has 0 aromatic heterocycles. The molecule has 0 N–H and O–H groups in total. The van der Waals surface area contributed by atoms with E-state index in [1.165, 1.54) is 38.5 Å². The van der Waals surface area contributed by atoms with E-state index in [0.717, 1.165) is 11.8 Å². The maximum Gasteiger partial charge on any atom is -0.0108 e. The first-order valence-corrected chi connectivity index (χ1v) is 8.75. The highest BCUT2D eigenvalue weighted by molar-refractivity contribution is 5.34. The standard InChI is InChI=1S/C20H32/c1-14(2)15-7-9-17-16(13-15)8-10-18-19(3,4)11-6-12-20(17,18)5/h7,13-14,17-18H,6,8-12H2,1-5H3/t17-,18-,20+/m0/s1. The Morgan fingerprint density at radius 1 is 1.15 bits per heavy atom. The molecule has 0 bridgehead atoms. The second-order valence-electron chi connectivity index (χ2n) is 8.81. The van der Waals surface area contributed by atoms with Crippen molar-refractivity contribution in [2.75, 3.05) is 0 Å². The van der Waals surface area contributed by atoms with Gasteiger partial charge in [-0.1, -0.05) is 58.8 Å². The summed E-state index contributed by atoms with van der Waals surface area (Å²) in [6, 6.07) is 0. The normalized spacial score (nSPS) is 39.7. The lowest BCUT2D eigenvalue weighted by molar-refractivity contribution is -0.0518. The fraction of sp³-hybridized carbons (Fsp3) is 0.800. The van der Waals surface area contributed by atoms with Gasteiger partial charge in [0.15, 0.2) is 0 Å². The second kappa shape index (κ2) is 4.75. The van der Waals surface area contributed by atoms with Crippen molar-refractivity contribution in [3.63, 3.8) is 0 Å². The molecule has 0 aromatic rings. The number of hydrogen-bond acceptors (Lipinski definition) is 0. The molecule has 0 unspecified atom stereocenters. The Hall–Kier alpha value is -0.520. The van der Waals surface area contributed by atoms with Gasteiger partial charge in [0.25, 0.3) is 0 Å². The van der Waals surface area contributed by atoms with Crippen LogP contribution in [0.15, 0.2) is 23.3 Å². The maximum absolute atomic E-state index is 2.62. The summed E-state index contributed by atoms with van der Waals surface area (Å²) in [5, 5.41) is 0. The average molecular weight is 272 g/mol. The monoisotopic (exact) mass is 272 g/mol. The third-order valence-electron chi connectivity index (χ3n) is 6.85. The minimum Gasteiger partial charge on any atom is -0.0804 e. The summed E-state index contributed by atoms with van der Waals surface area (Å²) in [6.07, 6.45) is 13.5. The zero-order valence-electron chi connectivity index (χ0n) is 14.1. The fourth-order valence-electron chi connectivity index (χ4n) is 5.73. The fourth-order valence-corrected chi connectivity index (χ4v) is 5.73. The molecule has 2 fully saturated rings. The summed E-state index contributed by atoms with van der Waals surface area (Å²) in [7, 11) is 0. The minimum absolute atomic E-state index is 0.556. The van der Waals surface area contributed by atoms with Gasteiger partial charge in [-0.25, -0.2) is 0 Å². The minimum atomic E-state index is 0.556. The van der Waals surface area contributed by atoms with Crippen molar-refractivity contribution in [2.24, 2.45) is 28.6 Å². The van der Waals surface area contributed by atoms with Gasteiger partial charge < -0.3 is 0 Å². The Kier molecular flexibility index (Phi) is 3.42. The molecule has 0 spiro atoms. The van der Waals surface area contributed by atoms with Gasteiger partial charge in [-0.2, -0.15) is 0 Å². The number of allylic oxidation sites excluding steroid dienone is 4. The lowest BCUT2D eigenvalue weighted by Gasteiger charge is -2.58. The molecule has 112 valence electrons. The van der Waals surface area contributed by atoms with E-state index in [-0.39, 0.29) is 0 Å². The Morgan fingerprint density at radius 3 is 2.60 bits per heavy atom. The molecule has 0 saturated heterocycles. The van der Waals surface area contributed by atoms with Gasteiger partial charge in [-0.15, -0.1) is 0 Å². The molecule has 0 heterocycles. The van der Waals surface area contributed by atoms with Crippen LogP contribution in [0.25, 0.3) is 0 Å². The van der Waals surface area contributed by atoms with E-state index in [4.69, 9.17) is 0 Å². The zero-order valence-corrected chi connectivity index (χ0v) is 14.1. The van der Waals surface area contributed by atoms with Crippen molar-refractivity contribution in [3.05, 3.63) is 23.3 Å². The van der Waals surface area contributed by atoms with Gasteiger partial charge in [-0.3, -0.25) is 0 Å². The topological polar surface area (TPSA) is 0 Å². The second-order valence-corrected chi connectivity index (χ2v) is 8.81. The molecule has 0 amide bonds. The highest BCUT2D eigenvalue weighted by atomic mass is 14.6. The maximum atomic E-state index is 2.62. The van der Waals surface area contributed by atoms with Crippen LogP contribution in [-0.2, 0) is 0 Å². The Morgan fingerprint density at radius 2 is 1.90 bits per heavy atom. The van der Waals surface area contributed by atoms with E-state index in [0.29, 0.717) is 16.7 Å². The lowest BCUT2D eigenvalue weighted by atomic mass is 9.46. The third-order valence-corrected chi connectivity index (χ3v) is 6.85. The first-order valence-electron chi connectivity index (χ1n) is 8.75. The molecule has 0 heteroatoms. The molecular weight excluding hydrogens is 240 g/mol. The molecule has 3 rings (SSSR count). The van der Waals surface area contributed by atoms with E-state index < -0.39 is 0 Å². The van der Waals surface area contributed by atoms with Crippen molar-refractivity contribution >= 4 is 0 Å². The zero-order chi connectivity index (χ0) is 14.5. The Labute approximate surface area is 125 Å². The van der Waals surface area contributed by atoms with Crippen LogP contribution in [0.4, 0.5) is 0 Å². The summed E-state index contributed by atoms with van der Waals surface area (Å²) in [4.78, 5) is 0. The van der Waals surface area contributed by atoms with E-state index in [1.54, 1.807) is 11.1 Å². The number of rotatable bonds is 1. The average Bonchev–Trinajstić information content (AvgIpc) is 2.37. The third kappa shape index (κ3) is 2.11. The van der Waals surface area contributed by atoms with E-state index in [1.807, 2.05) is 0 Å². The molecule has 3 aliphatic rings. The molecule has 3 aliphatic carbocycles. The Balaban J connectivity index is 1.92.